The van der Waals surface area contributed by atoms with E-state index in [-0.39, 0.29) is 18.6 Å². The van der Waals surface area contributed by atoms with Crippen molar-refractivity contribution in [1.82, 2.24) is 5.32 Å². The average molecular weight is 267 g/mol. The highest BCUT2D eigenvalue weighted by molar-refractivity contribution is 5.44. The summed E-state index contributed by atoms with van der Waals surface area (Å²) in [4.78, 5) is 0. The molecule has 0 saturated carbocycles. The molecule has 4 heteroatoms. The van der Waals surface area contributed by atoms with Gasteiger partial charge in [0.1, 0.15) is 0 Å². The van der Waals surface area contributed by atoms with Gasteiger partial charge in [0.15, 0.2) is 11.5 Å². The van der Waals surface area contributed by atoms with Crippen molar-refractivity contribution in [3.05, 3.63) is 23.8 Å². The smallest absolute Gasteiger partial charge is 0.161 e. The number of nitrogens with one attached hydrogen (secondary N) is 1. The van der Waals surface area contributed by atoms with Crippen LogP contribution in [-0.2, 0) is 0 Å². The van der Waals surface area contributed by atoms with Gasteiger partial charge in [0.25, 0.3) is 0 Å². The molecule has 0 aliphatic rings. The summed E-state index contributed by atoms with van der Waals surface area (Å²) in [5, 5.41) is 12.9. The quantitative estimate of drug-likeness (QED) is 0.795. The minimum atomic E-state index is 0.0878. The Morgan fingerprint density at radius 2 is 1.79 bits per heavy atom. The van der Waals surface area contributed by atoms with Crippen LogP contribution in [-0.4, -0.2) is 33.0 Å². The number of ether oxygens (including phenoxy) is 2. The Kier molecular flexibility index (Phi) is 6.12. The van der Waals surface area contributed by atoms with E-state index in [0.29, 0.717) is 17.4 Å². The lowest BCUT2D eigenvalue weighted by molar-refractivity contribution is 0.154. The number of hydrogen-bond donors (Lipinski definition) is 2. The van der Waals surface area contributed by atoms with Crippen LogP contribution < -0.4 is 14.8 Å². The summed E-state index contributed by atoms with van der Waals surface area (Å²) in [5.41, 5.74) is 1.09. The highest BCUT2D eigenvalue weighted by Crippen LogP contribution is 2.34. The van der Waals surface area contributed by atoms with Crippen LogP contribution in [0.3, 0.4) is 0 Å². The van der Waals surface area contributed by atoms with E-state index in [1.165, 1.54) is 0 Å². The Balaban J connectivity index is 3.11. The fraction of sp³-hybridized carbons (Fsp3) is 0.600. The van der Waals surface area contributed by atoms with Crippen LogP contribution in [0.15, 0.2) is 18.2 Å². The zero-order valence-electron chi connectivity index (χ0n) is 12.4. The summed E-state index contributed by atoms with van der Waals surface area (Å²) in [7, 11) is 5.16. The highest BCUT2D eigenvalue weighted by Gasteiger charge is 2.24. The molecule has 0 amide bonds. The first kappa shape index (κ1) is 15.8. The van der Waals surface area contributed by atoms with Gasteiger partial charge in [-0.1, -0.05) is 19.9 Å². The topological polar surface area (TPSA) is 50.7 Å². The Hall–Kier alpha value is -1.26. The highest BCUT2D eigenvalue weighted by atomic mass is 16.5. The Morgan fingerprint density at radius 1 is 1.16 bits per heavy atom. The lowest BCUT2D eigenvalue weighted by Gasteiger charge is -2.29. The maximum Gasteiger partial charge on any atom is 0.161 e. The van der Waals surface area contributed by atoms with Crippen molar-refractivity contribution >= 4 is 0 Å². The molecular formula is C15H25NO3. The van der Waals surface area contributed by atoms with Gasteiger partial charge in [-0.15, -0.1) is 0 Å². The molecule has 2 N–H and O–H groups in total. The summed E-state index contributed by atoms with van der Waals surface area (Å²) >= 11 is 0. The molecule has 2 atom stereocenters. The van der Waals surface area contributed by atoms with Crippen molar-refractivity contribution in [3.8, 4) is 11.5 Å². The maximum atomic E-state index is 9.59. The van der Waals surface area contributed by atoms with E-state index in [4.69, 9.17) is 9.47 Å². The lowest BCUT2D eigenvalue weighted by atomic mass is 9.85. The number of methoxy groups -OCH3 is 2. The van der Waals surface area contributed by atoms with E-state index < -0.39 is 0 Å². The maximum absolute atomic E-state index is 9.59. The van der Waals surface area contributed by atoms with Gasteiger partial charge in [0.05, 0.1) is 14.2 Å². The molecule has 19 heavy (non-hydrogen) atoms. The molecule has 0 radical (unpaired) electrons. The third-order valence-electron chi connectivity index (χ3n) is 3.57. The average Bonchev–Trinajstić information content (AvgIpc) is 2.43. The molecule has 0 aromatic heterocycles. The molecular weight excluding hydrogens is 242 g/mol. The Bertz CT molecular complexity index is 393. The molecule has 0 spiro atoms. The third kappa shape index (κ3) is 3.61. The monoisotopic (exact) mass is 267 g/mol. The van der Waals surface area contributed by atoms with Crippen LogP contribution in [0, 0.1) is 11.8 Å². The van der Waals surface area contributed by atoms with Gasteiger partial charge in [-0.25, -0.2) is 0 Å². The SMILES string of the molecule is CNC(c1ccc(OC)c(OC)c1)C(CO)C(C)C. The van der Waals surface area contributed by atoms with Gasteiger partial charge in [-0.05, 0) is 30.7 Å². The van der Waals surface area contributed by atoms with Crippen LogP contribution >= 0.6 is 0 Å². The minimum absolute atomic E-state index is 0.0878. The van der Waals surface area contributed by atoms with E-state index in [0.717, 1.165) is 5.56 Å². The number of aliphatic hydroxyl groups is 1. The molecule has 0 heterocycles. The fourth-order valence-corrected chi connectivity index (χ4v) is 2.38. The molecule has 1 aromatic rings. The normalized spacial score (nSPS) is 14.3. The number of benzene rings is 1. The summed E-state index contributed by atoms with van der Waals surface area (Å²) in [6.45, 7) is 4.38. The van der Waals surface area contributed by atoms with Crippen LogP contribution in [0.4, 0.5) is 0 Å². The second-order valence-corrected chi connectivity index (χ2v) is 4.97. The predicted octanol–water partition coefficient (Wildman–Crippen LogP) is 2.23. The Labute approximate surface area is 115 Å². The number of hydrogen-bond acceptors (Lipinski definition) is 4. The van der Waals surface area contributed by atoms with Gasteiger partial charge < -0.3 is 19.9 Å². The third-order valence-corrected chi connectivity index (χ3v) is 3.57. The summed E-state index contributed by atoms with van der Waals surface area (Å²) in [6.07, 6.45) is 0. The van der Waals surface area contributed by atoms with E-state index >= 15 is 0 Å². The molecule has 1 aromatic carbocycles. The second kappa shape index (κ2) is 7.36. The van der Waals surface area contributed by atoms with Crippen LogP contribution in [0.5, 0.6) is 11.5 Å². The van der Waals surface area contributed by atoms with Crippen molar-refractivity contribution in [2.24, 2.45) is 11.8 Å². The molecule has 0 aliphatic carbocycles. The van der Waals surface area contributed by atoms with E-state index in [1.54, 1.807) is 14.2 Å². The van der Waals surface area contributed by atoms with Gasteiger partial charge in [-0.3, -0.25) is 0 Å². The van der Waals surface area contributed by atoms with E-state index in [9.17, 15) is 5.11 Å². The zero-order chi connectivity index (χ0) is 14.4. The van der Waals surface area contributed by atoms with Crippen LogP contribution in [0.1, 0.15) is 25.5 Å². The molecule has 2 unspecified atom stereocenters. The van der Waals surface area contributed by atoms with Crippen LogP contribution in [0.2, 0.25) is 0 Å². The van der Waals surface area contributed by atoms with Crippen molar-refractivity contribution in [2.75, 3.05) is 27.9 Å². The molecule has 0 bridgehead atoms. The first-order valence-corrected chi connectivity index (χ1v) is 6.59. The minimum Gasteiger partial charge on any atom is -0.493 e. The number of rotatable bonds is 7. The van der Waals surface area contributed by atoms with Gasteiger partial charge >= 0.3 is 0 Å². The second-order valence-electron chi connectivity index (χ2n) is 4.97. The molecule has 1 rings (SSSR count). The zero-order valence-corrected chi connectivity index (χ0v) is 12.4. The first-order valence-electron chi connectivity index (χ1n) is 6.59. The van der Waals surface area contributed by atoms with Gasteiger partial charge in [0, 0.05) is 18.6 Å². The largest absolute Gasteiger partial charge is 0.493 e. The number of aliphatic hydroxyl groups excluding tert-OH is 1. The molecule has 4 nitrogen and oxygen atoms in total. The van der Waals surface area contributed by atoms with Crippen molar-refractivity contribution in [2.45, 2.75) is 19.9 Å². The van der Waals surface area contributed by atoms with E-state index in [2.05, 4.69) is 19.2 Å². The predicted molar refractivity (Wildman–Crippen MR) is 76.8 cm³/mol. The van der Waals surface area contributed by atoms with E-state index in [1.807, 2.05) is 25.2 Å². The van der Waals surface area contributed by atoms with Crippen LogP contribution in [0.25, 0.3) is 0 Å². The van der Waals surface area contributed by atoms with Crippen molar-refractivity contribution < 1.29 is 14.6 Å². The van der Waals surface area contributed by atoms with Crippen molar-refractivity contribution in [3.63, 3.8) is 0 Å². The standard InChI is InChI=1S/C15H25NO3/c1-10(2)12(9-17)15(16-3)11-6-7-13(18-4)14(8-11)19-5/h6-8,10,12,15-17H,9H2,1-5H3. The first-order chi connectivity index (χ1) is 9.08. The van der Waals surface area contributed by atoms with Gasteiger partial charge in [-0.2, -0.15) is 0 Å². The molecule has 0 saturated heterocycles. The molecule has 108 valence electrons. The summed E-state index contributed by atoms with van der Waals surface area (Å²) < 4.78 is 10.6. The fourth-order valence-electron chi connectivity index (χ4n) is 2.38. The molecule has 0 aliphatic heterocycles. The molecule has 0 fully saturated rings. The summed E-state index contributed by atoms with van der Waals surface area (Å²) in [5.74, 6) is 1.96. The van der Waals surface area contributed by atoms with Gasteiger partial charge in [0.2, 0.25) is 0 Å². The van der Waals surface area contributed by atoms with Crippen molar-refractivity contribution in [1.29, 1.82) is 0 Å². The summed E-state index contributed by atoms with van der Waals surface area (Å²) in [6, 6.07) is 5.95. The Morgan fingerprint density at radius 3 is 2.21 bits per heavy atom. The lowest BCUT2D eigenvalue weighted by Crippen LogP contribution is -2.31.